The first-order chi connectivity index (χ1) is 14.7. The molecule has 6 nitrogen and oxygen atoms in total. The van der Waals surface area contributed by atoms with E-state index in [-0.39, 0.29) is 11.7 Å². The molecule has 1 saturated carbocycles. The summed E-state index contributed by atoms with van der Waals surface area (Å²) >= 11 is 0. The average Bonchev–Trinajstić information content (AvgIpc) is 3.48. The topological polar surface area (TPSA) is 71.3 Å². The first-order valence-electron chi connectivity index (χ1n) is 9.90. The lowest BCUT2D eigenvalue weighted by Gasteiger charge is -2.09. The molecular weight excluding hydrogens is 381 g/mol. The maximum atomic E-state index is 13.1. The normalized spacial score (nSPS) is 13.4. The van der Waals surface area contributed by atoms with Crippen LogP contribution >= 0.6 is 0 Å². The second-order valence-corrected chi connectivity index (χ2v) is 7.43. The third-order valence-electron chi connectivity index (χ3n) is 5.16. The zero-order chi connectivity index (χ0) is 20.5. The quantitative estimate of drug-likeness (QED) is 0.512. The van der Waals surface area contributed by atoms with Gasteiger partial charge in [-0.2, -0.15) is 9.61 Å². The summed E-state index contributed by atoms with van der Waals surface area (Å²) in [6.07, 6.45) is 5.63. The highest BCUT2D eigenvalue weighted by Gasteiger charge is 2.23. The molecule has 0 saturated heterocycles. The molecule has 0 aliphatic heterocycles. The maximum Gasteiger partial charge on any atom is 0.251 e. The lowest BCUT2D eigenvalue weighted by molar-refractivity contribution is 0.0951. The van der Waals surface area contributed by atoms with Crippen molar-refractivity contribution in [2.24, 2.45) is 0 Å². The van der Waals surface area contributed by atoms with E-state index in [0.717, 1.165) is 35.3 Å². The molecule has 5 rings (SSSR count). The van der Waals surface area contributed by atoms with Crippen molar-refractivity contribution in [3.63, 3.8) is 0 Å². The molecule has 1 aliphatic rings. The predicted molar refractivity (Wildman–Crippen MR) is 113 cm³/mol. The van der Waals surface area contributed by atoms with Gasteiger partial charge in [0.25, 0.3) is 5.91 Å². The molecular formula is C23H20FN5O. The number of benzene rings is 2. The predicted octanol–water partition coefficient (Wildman–Crippen LogP) is 4.04. The number of fused-ring (bicyclic) bond motifs is 1. The van der Waals surface area contributed by atoms with Crippen molar-refractivity contribution in [2.75, 3.05) is 5.32 Å². The number of aromatic nitrogens is 3. The summed E-state index contributed by atoms with van der Waals surface area (Å²) in [7, 11) is 0. The molecule has 0 spiro atoms. The molecule has 0 bridgehead atoms. The maximum absolute atomic E-state index is 13.1. The van der Waals surface area contributed by atoms with Crippen LogP contribution in [-0.4, -0.2) is 26.5 Å². The number of hydrogen-bond acceptors (Lipinski definition) is 4. The minimum absolute atomic E-state index is 0.0330. The lowest BCUT2D eigenvalue weighted by atomic mass is 10.1. The van der Waals surface area contributed by atoms with Gasteiger partial charge in [-0.15, -0.1) is 0 Å². The van der Waals surface area contributed by atoms with Crippen LogP contribution in [0.4, 0.5) is 10.2 Å². The van der Waals surface area contributed by atoms with Crippen LogP contribution in [0.3, 0.4) is 0 Å². The number of halogens is 1. The molecule has 2 N–H and O–H groups in total. The standard InChI is InChI=1S/C23H20FN5O/c24-18-7-1-15(2-8-18)13-26-21-11-12-25-22-20(14-27-29(21)22)16-3-5-17(6-4-16)23(30)28-19-9-10-19/h1-8,11-12,14,19,26H,9-10,13H2,(H,28,30). The summed E-state index contributed by atoms with van der Waals surface area (Å²) in [5, 5.41) is 10.8. The Kier molecular flexibility index (Phi) is 4.63. The highest BCUT2D eigenvalue weighted by molar-refractivity contribution is 5.95. The molecule has 4 aromatic rings. The van der Waals surface area contributed by atoms with Crippen LogP contribution < -0.4 is 10.6 Å². The van der Waals surface area contributed by atoms with Crippen LogP contribution in [0.25, 0.3) is 16.8 Å². The Labute approximate surface area is 172 Å². The van der Waals surface area contributed by atoms with E-state index in [1.807, 2.05) is 30.3 Å². The van der Waals surface area contributed by atoms with Gasteiger partial charge in [-0.05, 0) is 54.3 Å². The van der Waals surface area contributed by atoms with E-state index in [9.17, 15) is 9.18 Å². The zero-order valence-electron chi connectivity index (χ0n) is 16.2. The molecule has 2 aromatic heterocycles. The van der Waals surface area contributed by atoms with Gasteiger partial charge in [0.1, 0.15) is 11.6 Å². The Balaban J connectivity index is 1.37. The van der Waals surface area contributed by atoms with Gasteiger partial charge in [0.15, 0.2) is 5.65 Å². The van der Waals surface area contributed by atoms with Gasteiger partial charge in [0.05, 0.1) is 6.20 Å². The largest absolute Gasteiger partial charge is 0.366 e. The first kappa shape index (κ1) is 18.3. The molecule has 1 fully saturated rings. The highest BCUT2D eigenvalue weighted by Crippen LogP contribution is 2.26. The zero-order valence-corrected chi connectivity index (χ0v) is 16.2. The summed E-state index contributed by atoms with van der Waals surface area (Å²) in [6, 6.07) is 16.0. The Hall–Kier alpha value is -3.74. The number of hydrogen-bond donors (Lipinski definition) is 2. The summed E-state index contributed by atoms with van der Waals surface area (Å²) < 4.78 is 14.8. The van der Waals surface area contributed by atoms with Crippen LogP contribution in [0.5, 0.6) is 0 Å². The van der Waals surface area contributed by atoms with E-state index < -0.39 is 0 Å². The summed E-state index contributed by atoms with van der Waals surface area (Å²) in [4.78, 5) is 16.7. The highest BCUT2D eigenvalue weighted by atomic mass is 19.1. The van der Waals surface area contributed by atoms with Crippen molar-refractivity contribution < 1.29 is 9.18 Å². The van der Waals surface area contributed by atoms with E-state index >= 15 is 0 Å². The van der Waals surface area contributed by atoms with Gasteiger partial charge in [-0.25, -0.2) is 9.37 Å². The van der Waals surface area contributed by atoms with Crippen molar-refractivity contribution in [2.45, 2.75) is 25.4 Å². The van der Waals surface area contributed by atoms with E-state index in [1.54, 1.807) is 29.0 Å². The minimum Gasteiger partial charge on any atom is -0.366 e. The van der Waals surface area contributed by atoms with Crippen molar-refractivity contribution >= 4 is 17.4 Å². The summed E-state index contributed by atoms with van der Waals surface area (Å²) in [6.45, 7) is 0.541. The fourth-order valence-corrected chi connectivity index (χ4v) is 3.32. The molecule has 2 heterocycles. The number of nitrogens with zero attached hydrogens (tertiary/aromatic N) is 3. The fourth-order valence-electron chi connectivity index (χ4n) is 3.32. The second-order valence-electron chi connectivity index (χ2n) is 7.43. The van der Waals surface area contributed by atoms with Gasteiger partial charge in [0, 0.05) is 29.9 Å². The second kappa shape index (κ2) is 7.59. The van der Waals surface area contributed by atoms with Crippen molar-refractivity contribution in [1.82, 2.24) is 19.9 Å². The van der Waals surface area contributed by atoms with Gasteiger partial charge in [-0.1, -0.05) is 24.3 Å². The third-order valence-corrected chi connectivity index (χ3v) is 5.16. The molecule has 1 aliphatic carbocycles. The van der Waals surface area contributed by atoms with Gasteiger partial charge in [0.2, 0.25) is 0 Å². The van der Waals surface area contributed by atoms with Crippen molar-refractivity contribution in [1.29, 1.82) is 0 Å². The van der Waals surface area contributed by atoms with E-state index in [2.05, 4.69) is 20.7 Å². The van der Waals surface area contributed by atoms with Gasteiger partial charge >= 0.3 is 0 Å². The van der Waals surface area contributed by atoms with Crippen molar-refractivity contribution in [3.8, 4) is 11.1 Å². The Morgan fingerprint density at radius 3 is 2.57 bits per heavy atom. The summed E-state index contributed by atoms with van der Waals surface area (Å²) in [5.41, 5.74) is 4.16. The lowest BCUT2D eigenvalue weighted by Crippen LogP contribution is -2.25. The number of rotatable bonds is 6. The molecule has 30 heavy (non-hydrogen) atoms. The molecule has 1 amide bonds. The van der Waals surface area contributed by atoms with Crippen molar-refractivity contribution in [3.05, 3.63) is 83.9 Å². The molecule has 150 valence electrons. The number of carbonyl (C=O) groups is 1. The van der Waals surface area contributed by atoms with Crippen LogP contribution in [0, 0.1) is 5.82 Å². The molecule has 7 heteroatoms. The number of anilines is 1. The smallest absolute Gasteiger partial charge is 0.251 e. The van der Waals surface area contributed by atoms with E-state index in [4.69, 9.17) is 0 Å². The van der Waals surface area contributed by atoms with Gasteiger partial charge in [-0.3, -0.25) is 4.79 Å². The first-order valence-corrected chi connectivity index (χ1v) is 9.90. The molecule has 2 aromatic carbocycles. The van der Waals surface area contributed by atoms with Crippen LogP contribution in [0.15, 0.2) is 67.0 Å². The number of amides is 1. The molecule has 0 unspecified atom stereocenters. The average molecular weight is 401 g/mol. The molecule has 0 radical (unpaired) electrons. The number of carbonyl (C=O) groups excluding carboxylic acids is 1. The molecule has 0 atom stereocenters. The minimum atomic E-state index is -0.252. The number of nitrogens with one attached hydrogen (secondary N) is 2. The Morgan fingerprint density at radius 2 is 1.83 bits per heavy atom. The SMILES string of the molecule is O=C(NC1CC1)c1ccc(-c2cnn3c(NCc4ccc(F)cc4)ccnc23)cc1. The monoisotopic (exact) mass is 401 g/mol. The third kappa shape index (κ3) is 3.74. The van der Waals surface area contributed by atoms with Crippen LogP contribution in [0.1, 0.15) is 28.8 Å². The Bertz CT molecular complexity index is 1200. The van der Waals surface area contributed by atoms with Crippen LogP contribution in [0.2, 0.25) is 0 Å². The van der Waals surface area contributed by atoms with Crippen LogP contribution in [-0.2, 0) is 6.54 Å². The summed E-state index contributed by atoms with van der Waals surface area (Å²) in [5.74, 6) is 0.503. The van der Waals surface area contributed by atoms with E-state index in [1.165, 1.54) is 12.1 Å². The van der Waals surface area contributed by atoms with E-state index in [0.29, 0.717) is 23.8 Å². The Morgan fingerprint density at radius 1 is 1.07 bits per heavy atom. The van der Waals surface area contributed by atoms with Gasteiger partial charge < -0.3 is 10.6 Å². The fraction of sp³-hybridized carbons (Fsp3) is 0.174.